The Labute approximate surface area is 158 Å². The molecular weight excluding hydrogens is 350 g/mol. The van der Waals surface area contributed by atoms with Crippen molar-refractivity contribution in [1.29, 1.82) is 0 Å². The van der Waals surface area contributed by atoms with E-state index in [2.05, 4.69) is 56.2 Å². The van der Waals surface area contributed by atoms with Crippen LogP contribution in [-0.4, -0.2) is 42.0 Å². The average molecular weight is 378 g/mol. The number of thiophene rings is 1. The molecule has 1 fully saturated rings. The Morgan fingerprint density at radius 3 is 2.76 bits per heavy atom. The average Bonchev–Trinajstić information content (AvgIpc) is 3.23. The maximum Gasteiger partial charge on any atom is 0.191 e. The SMILES string of the molecule is CN=C(NCc1nc(C)c(C)s1)NC1CCN(Cc2ccsc2)CC1. The second-order valence-electron chi connectivity index (χ2n) is 6.50. The topological polar surface area (TPSA) is 52.6 Å². The summed E-state index contributed by atoms with van der Waals surface area (Å²) in [4.78, 5) is 12.8. The van der Waals surface area contributed by atoms with Crippen molar-refractivity contribution in [2.45, 2.75) is 45.8 Å². The van der Waals surface area contributed by atoms with Crippen LogP contribution in [0.2, 0.25) is 0 Å². The van der Waals surface area contributed by atoms with Crippen molar-refractivity contribution in [2.24, 2.45) is 4.99 Å². The van der Waals surface area contributed by atoms with Gasteiger partial charge < -0.3 is 10.6 Å². The highest BCUT2D eigenvalue weighted by atomic mass is 32.1. The summed E-state index contributed by atoms with van der Waals surface area (Å²) in [5.41, 5.74) is 2.56. The predicted octanol–water partition coefficient (Wildman–Crippen LogP) is 3.15. The minimum atomic E-state index is 0.490. The lowest BCUT2D eigenvalue weighted by molar-refractivity contribution is 0.198. The maximum atomic E-state index is 4.58. The molecule has 0 atom stereocenters. The smallest absolute Gasteiger partial charge is 0.191 e. The molecule has 0 amide bonds. The van der Waals surface area contributed by atoms with Crippen LogP contribution in [0.4, 0.5) is 0 Å². The molecule has 25 heavy (non-hydrogen) atoms. The molecule has 1 aliphatic rings. The number of nitrogens with zero attached hydrogens (tertiary/aromatic N) is 3. The van der Waals surface area contributed by atoms with Crippen molar-refractivity contribution in [3.05, 3.63) is 38.0 Å². The zero-order chi connectivity index (χ0) is 17.6. The molecule has 3 rings (SSSR count). The molecule has 2 N–H and O–H groups in total. The van der Waals surface area contributed by atoms with E-state index in [0.717, 1.165) is 55.7 Å². The van der Waals surface area contributed by atoms with Crippen LogP contribution in [0.25, 0.3) is 0 Å². The fourth-order valence-electron chi connectivity index (χ4n) is 3.04. The summed E-state index contributed by atoms with van der Waals surface area (Å²) in [5.74, 6) is 0.877. The molecule has 0 aromatic carbocycles. The predicted molar refractivity (Wildman–Crippen MR) is 108 cm³/mol. The number of guanidine groups is 1. The highest BCUT2D eigenvalue weighted by molar-refractivity contribution is 7.11. The number of likely N-dealkylation sites (tertiary alicyclic amines) is 1. The molecule has 2 aromatic heterocycles. The van der Waals surface area contributed by atoms with Crippen LogP contribution >= 0.6 is 22.7 Å². The lowest BCUT2D eigenvalue weighted by Crippen LogP contribution is -2.48. The summed E-state index contributed by atoms with van der Waals surface area (Å²) in [5, 5.41) is 12.5. The Morgan fingerprint density at radius 2 is 2.16 bits per heavy atom. The van der Waals surface area contributed by atoms with E-state index in [9.17, 15) is 0 Å². The largest absolute Gasteiger partial charge is 0.354 e. The van der Waals surface area contributed by atoms with Crippen molar-refractivity contribution in [3.63, 3.8) is 0 Å². The molecule has 0 bridgehead atoms. The minimum Gasteiger partial charge on any atom is -0.354 e. The third-order valence-corrected chi connectivity index (χ3v) is 6.42. The highest BCUT2D eigenvalue weighted by Crippen LogP contribution is 2.17. The van der Waals surface area contributed by atoms with Crippen molar-refractivity contribution < 1.29 is 0 Å². The van der Waals surface area contributed by atoms with Crippen LogP contribution in [0.15, 0.2) is 21.8 Å². The third kappa shape index (κ3) is 5.26. The number of aromatic nitrogens is 1. The van der Waals surface area contributed by atoms with E-state index < -0.39 is 0 Å². The Kier molecular flexibility index (Phi) is 6.45. The van der Waals surface area contributed by atoms with Crippen molar-refractivity contribution in [1.82, 2.24) is 20.5 Å². The fourth-order valence-corrected chi connectivity index (χ4v) is 4.57. The number of aryl methyl sites for hydroxylation is 2. The summed E-state index contributed by atoms with van der Waals surface area (Å²) < 4.78 is 0. The molecule has 0 aliphatic carbocycles. The van der Waals surface area contributed by atoms with Gasteiger partial charge in [0.25, 0.3) is 0 Å². The molecule has 0 radical (unpaired) electrons. The summed E-state index contributed by atoms with van der Waals surface area (Å²) in [6.45, 7) is 8.26. The minimum absolute atomic E-state index is 0.490. The molecule has 0 spiro atoms. The van der Waals surface area contributed by atoms with Crippen LogP contribution < -0.4 is 10.6 Å². The molecule has 3 heterocycles. The van der Waals surface area contributed by atoms with E-state index >= 15 is 0 Å². The van der Waals surface area contributed by atoms with Crippen LogP contribution in [0.3, 0.4) is 0 Å². The number of aliphatic imine (C=N–C) groups is 1. The third-order valence-electron chi connectivity index (χ3n) is 4.62. The van der Waals surface area contributed by atoms with Crippen molar-refractivity contribution in [3.8, 4) is 0 Å². The summed E-state index contributed by atoms with van der Waals surface area (Å²) in [6, 6.07) is 2.72. The summed E-state index contributed by atoms with van der Waals surface area (Å²) in [7, 11) is 1.83. The molecular formula is C18H27N5S2. The van der Waals surface area contributed by atoms with Gasteiger partial charge in [0.15, 0.2) is 5.96 Å². The Bertz CT molecular complexity index is 665. The first-order valence-corrected chi connectivity index (χ1v) is 10.5. The van der Waals surface area contributed by atoms with Crippen LogP contribution in [0, 0.1) is 13.8 Å². The molecule has 1 saturated heterocycles. The maximum absolute atomic E-state index is 4.58. The van der Waals surface area contributed by atoms with Crippen LogP contribution in [0.1, 0.15) is 34.0 Å². The Balaban J connectivity index is 1.42. The number of thiazole rings is 1. The molecule has 0 saturated carbocycles. The molecule has 5 nitrogen and oxygen atoms in total. The van der Waals surface area contributed by atoms with E-state index in [-0.39, 0.29) is 0 Å². The standard InChI is InChI=1S/C18H27N5S2/c1-13-14(2)25-17(21-13)10-20-18(19-3)22-16-4-7-23(8-5-16)11-15-6-9-24-12-15/h6,9,12,16H,4-5,7-8,10-11H2,1-3H3,(H2,19,20,22). The first kappa shape index (κ1) is 18.4. The molecule has 0 unspecified atom stereocenters. The van der Waals surface area contributed by atoms with Gasteiger partial charge in [-0.3, -0.25) is 9.89 Å². The van der Waals surface area contributed by atoms with Gasteiger partial charge in [0.05, 0.1) is 12.2 Å². The highest BCUT2D eigenvalue weighted by Gasteiger charge is 2.20. The van der Waals surface area contributed by atoms with E-state index in [1.54, 1.807) is 22.7 Å². The summed E-state index contributed by atoms with van der Waals surface area (Å²) >= 11 is 3.53. The van der Waals surface area contributed by atoms with Gasteiger partial charge in [-0.25, -0.2) is 4.98 Å². The first-order valence-electron chi connectivity index (χ1n) is 8.77. The van der Waals surface area contributed by atoms with Gasteiger partial charge in [0, 0.05) is 37.6 Å². The van der Waals surface area contributed by atoms with Crippen molar-refractivity contribution in [2.75, 3.05) is 20.1 Å². The van der Waals surface area contributed by atoms with Crippen LogP contribution in [0.5, 0.6) is 0 Å². The van der Waals surface area contributed by atoms with E-state index in [1.165, 1.54) is 10.4 Å². The monoisotopic (exact) mass is 377 g/mol. The van der Waals surface area contributed by atoms with E-state index in [1.807, 2.05) is 7.05 Å². The first-order chi connectivity index (χ1) is 12.1. The lowest BCUT2D eigenvalue weighted by atomic mass is 10.0. The van der Waals surface area contributed by atoms with Gasteiger partial charge >= 0.3 is 0 Å². The molecule has 2 aromatic rings. The zero-order valence-corrected chi connectivity index (χ0v) is 16.8. The number of piperidine rings is 1. The van der Waals surface area contributed by atoms with Gasteiger partial charge in [-0.05, 0) is 49.1 Å². The number of rotatable bonds is 5. The van der Waals surface area contributed by atoms with E-state index in [0.29, 0.717) is 6.04 Å². The fraction of sp³-hybridized carbons (Fsp3) is 0.556. The normalized spacial score (nSPS) is 17.0. The number of nitrogens with one attached hydrogen (secondary N) is 2. The summed E-state index contributed by atoms with van der Waals surface area (Å²) in [6.07, 6.45) is 2.31. The van der Waals surface area contributed by atoms with Gasteiger partial charge in [-0.2, -0.15) is 11.3 Å². The molecule has 7 heteroatoms. The Morgan fingerprint density at radius 1 is 1.36 bits per heavy atom. The van der Waals surface area contributed by atoms with Gasteiger partial charge in [0.1, 0.15) is 5.01 Å². The zero-order valence-electron chi connectivity index (χ0n) is 15.2. The lowest BCUT2D eigenvalue weighted by Gasteiger charge is -2.32. The Hall–Kier alpha value is -1.44. The van der Waals surface area contributed by atoms with Gasteiger partial charge in [-0.1, -0.05) is 0 Å². The number of hydrogen-bond acceptors (Lipinski definition) is 5. The second kappa shape index (κ2) is 8.78. The van der Waals surface area contributed by atoms with E-state index in [4.69, 9.17) is 0 Å². The van der Waals surface area contributed by atoms with Gasteiger partial charge in [-0.15, -0.1) is 11.3 Å². The van der Waals surface area contributed by atoms with Gasteiger partial charge in [0.2, 0.25) is 0 Å². The molecule has 136 valence electrons. The second-order valence-corrected chi connectivity index (χ2v) is 8.57. The number of hydrogen-bond donors (Lipinski definition) is 2. The molecule has 1 aliphatic heterocycles. The van der Waals surface area contributed by atoms with Crippen molar-refractivity contribution >= 4 is 28.6 Å². The van der Waals surface area contributed by atoms with Crippen LogP contribution in [-0.2, 0) is 13.1 Å². The quantitative estimate of drug-likeness (QED) is 0.621.